The molecular formula is C23H21NO. The summed E-state index contributed by atoms with van der Waals surface area (Å²) in [6, 6.07) is 27.7. The molecule has 1 atom stereocenters. The first-order valence-electron chi connectivity index (χ1n) is 8.05. The lowest BCUT2D eigenvalue weighted by molar-refractivity contribution is 0.103. The van der Waals surface area contributed by atoms with Crippen LogP contribution in [0.4, 0.5) is 5.69 Å². The quantitative estimate of drug-likeness (QED) is 0.620. The summed E-state index contributed by atoms with van der Waals surface area (Å²) in [6.07, 6.45) is 1.99. The summed E-state index contributed by atoms with van der Waals surface area (Å²) in [5.41, 5.74) is 4.65. The average Bonchev–Trinajstić information content (AvgIpc) is 2.90. The fourth-order valence-corrected chi connectivity index (χ4v) is 3.14. The van der Waals surface area contributed by atoms with Gasteiger partial charge < -0.3 is 5.32 Å². The Balaban J connectivity index is 0.00000182. The second-order valence-electron chi connectivity index (χ2n) is 5.87. The number of anilines is 1. The fourth-order valence-electron chi connectivity index (χ4n) is 3.14. The number of carbonyl (C=O) groups is 1. The Morgan fingerprint density at radius 3 is 2.08 bits per heavy atom. The average molecular weight is 327 g/mol. The van der Waals surface area contributed by atoms with Crippen LogP contribution in [0.2, 0.25) is 0 Å². The van der Waals surface area contributed by atoms with Crippen molar-refractivity contribution < 1.29 is 4.79 Å². The molecule has 0 amide bonds. The van der Waals surface area contributed by atoms with E-state index in [4.69, 9.17) is 0 Å². The number of nitrogens with one attached hydrogen (secondary N) is 1. The molecule has 0 fully saturated rings. The predicted molar refractivity (Wildman–Crippen MR) is 105 cm³/mol. The third kappa shape index (κ3) is 3.24. The molecule has 0 heterocycles. The van der Waals surface area contributed by atoms with Gasteiger partial charge in [-0.3, -0.25) is 4.79 Å². The summed E-state index contributed by atoms with van der Waals surface area (Å²) in [5.74, 6) is 0.0999. The van der Waals surface area contributed by atoms with Crippen LogP contribution in [0, 0.1) is 0 Å². The van der Waals surface area contributed by atoms with E-state index in [-0.39, 0.29) is 19.3 Å². The van der Waals surface area contributed by atoms with E-state index in [0.717, 1.165) is 28.0 Å². The van der Waals surface area contributed by atoms with E-state index in [1.807, 2.05) is 91.0 Å². The number of hydrogen-bond donors (Lipinski definition) is 1. The van der Waals surface area contributed by atoms with Crippen molar-refractivity contribution in [3.8, 4) is 0 Å². The molecule has 2 heteroatoms. The molecule has 124 valence electrons. The Bertz CT molecular complexity index is 898. The van der Waals surface area contributed by atoms with E-state index in [9.17, 15) is 4.79 Å². The number of carbonyl (C=O) groups excluding carboxylic acids is 1. The summed E-state index contributed by atoms with van der Waals surface area (Å²) < 4.78 is 0. The van der Waals surface area contributed by atoms with Crippen molar-refractivity contribution in [1.82, 2.24) is 0 Å². The lowest BCUT2D eigenvalue weighted by Gasteiger charge is -2.17. The lowest BCUT2D eigenvalue weighted by Crippen LogP contribution is -2.11. The van der Waals surface area contributed by atoms with E-state index in [0.29, 0.717) is 0 Å². The van der Waals surface area contributed by atoms with E-state index < -0.39 is 0 Å². The zero-order valence-electron chi connectivity index (χ0n) is 13.1. The smallest absolute Gasteiger partial charge is 0.191 e. The van der Waals surface area contributed by atoms with Crippen molar-refractivity contribution in [3.63, 3.8) is 0 Å². The fraction of sp³-hybridized carbons (Fsp3) is 0.0870. The molecule has 1 aliphatic carbocycles. The molecule has 3 aromatic carbocycles. The molecule has 0 aromatic heterocycles. The van der Waals surface area contributed by atoms with Crippen molar-refractivity contribution in [2.24, 2.45) is 0 Å². The molecule has 1 unspecified atom stereocenters. The van der Waals surface area contributed by atoms with Crippen molar-refractivity contribution in [3.05, 3.63) is 107 Å². The molecule has 0 bridgehead atoms. The van der Waals surface area contributed by atoms with Crippen LogP contribution >= 0.6 is 0 Å². The van der Waals surface area contributed by atoms with E-state index in [2.05, 4.69) is 5.32 Å². The second kappa shape index (κ2) is 7.18. The van der Waals surface area contributed by atoms with Crippen LogP contribution in [0.3, 0.4) is 0 Å². The monoisotopic (exact) mass is 327 g/mol. The van der Waals surface area contributed by atoms with Crippen molar-refractivity contribution in [2.45, 2.75) is 13.5 Å². The van der Waals surface area contributed by atoms with Crippen molar-refractivity contribution in [1.29, 1.82) is 0 Å². The summed E-state index contributed by atoms with van der Waals surface area (Å²) in [7, 11) is 0. The number of rotatable bonds is 3. The van der Waals surface area contributed by atoms with E-state index >= 15 is 0 Å². The minimum atomic E-state index is -0.128. The molecular weight excluding hydrogens is 306 g/mol. The van der Waals surface area contributed by atoms with Gasteiger partial charge in [0.25, 0.3) is 0 Å². The number of Topliss-reactive ketones (excluding diaryl/α,β-unsaturated/α-hetero) is 1. The first-order valence-corrected chi connectivity index (χ1v) is 8.05. The molecule has 25 heavy (non-hydrogen) atoms. The highest BCUT2D eigenvalue weighted by Crippen LogP contribution is 2.38. The Morgan fingerprint density at radius 1 is 0.760 bits per heavy atom. The Labute approximate surface area is 148 Å². The molecule has 1 aliphatic rings. The summed E-state index contributed by atoms with van der Waals surface area (Å²) in [5, 5.41) is 3.51. The Kier molecular flexibility index (Phi) is 4.80. The van der Waals surface area contributed by atoms with Crippen LogP contribution < -0.4 is 5.32 Å². The number of para-hydroxylation sites is 1. The van der Waals surface area contributed by atoms with Gasteiger partial charge in [0, 0.05) is 16.8 Å². The third-order valence-electron chi connectivity index (χ3n) is 4.30. The first-order chi connectivity index (χ1) is 11.8. The standard InChI is InChI=1S/C22H17NO.CH4/c24-22-19-14-8-7-13-18(19)21(23-17-11-5-2-6-12-17)20(22)15-16-9-3-1-4-10-16;/h1-15,21,23H;1H4/b20-15+;. The van der Waals surface area contributed by atoms with Crippen LogP contribution in [0.25, 0.3) is 6.08 Å². The minimum Gasteiger partial charge on any atom is -0.374 e. The lowest BCUT2D eigenvalue weighted by atomic mass is 10.0. The number of hydrogen-bond acceptors (Lipinski definition) is 2. The SMILES string of the molecule is C.O=C1/C(=C/c2ccccc2)C(Nc2ccccc2)c2ccccc21. The maximum Gasteiger partial charge on any atom is 0.191 e. The Morgan fingerprint density at radius 2 is 1.36 bits per heavy atom. The molecule has 2 nitrogen and oxygen atoms in total. The second-order valence-corrected chi connectivity index (χ2v) is 5.87. The van der Waals surface area contributed by atoms with Gasteiger partial charge in [-0.1, -0.05) is 80.2 Å². The van der Waals surface area contributed by atoms with E-state index in [1.165, 1.54) is 0 Å². The highest BCUT2D eigenvalue weighted by molar-refractivity contribution is 6.17. The van der Waals surface area contributed by atoms with Gasteiger partial charge in [0.1, 0.15) is 0 Å². The first kappa shape index (κ1) is 16.7. The molecule has 4 rings (SSSR count). The van der Waals surface area contributed by atoms with Crippen LogP contribution in [0.5, 0.6) is 0 Å². The molecule has 0 saturated heterocycles. The number of benzene rings is 3. The highest BCUT2D eigenvalue weighted by Gasteiger charge is 2.34. The van der Waals surface area contributed by atoms with Crippen molar-refractivity contribution in [2.75, 3.05) is 5.32 Å². The van der Waals surface area contributed by atoms with Gasteiger partial charge in [-0.05, 0) is 29.3 Å². The zero-order valence-corrected chi connectivity index (χ0v) is 13.1. The van der Waals surface area contributed by atoms with Gasteiger partial charge in [-0.2, -0.15) is 0 Å². The largest absolute Gasteiger partial charge is 0.374 e. The molecule has 0 aliphatic heterocycles. The molecule has 0 spiro atoms. The van der Waals surface area contributed by atoms with Gasteiger partial charge in [0.15, 0.2) is 5.78 Å². The van der Waals surface area contributed by atoms with Crippen LogP contribution in [-0.4, -0.2) is 5.78 Å². The van der Waals surface area contributed by atoms with Gasteiger partial charge in [0.05, 0.1) is 6.04 Å². The van der Waals surface area contributed by atoms with Gasteiger partial charge in [-0.15, -0.1) is 0 Å². The van der Waals surface area contributed by atoms with Gasteiger partial charge >= 0.3 is 0 Å². The van der Waals surface area contributed by atoms with Crippen LogP contribution in [-0.2, 0) is 0 Å². The maximum atomic E-state index is 12.9. The van der Waals surface area contributed by atoms with Crippen molar-refractivity contribution >= 4 is 17.5 Å². The molecule has 1 N–H and O–H groups in total. The summed E-state index contributed by atoms with van der Waals surface area (Å²) >= 11 is 0. The number of fused-ring (bicyclic) bond motifs is 1. The molecule has 0 radical (unpaired) electrons. The predicted octanol–water partition coefficient (Wildman–Crippen LogP) is 5.76. The zero-order chi connectivity index (χ0) is 16.4. The van der Waals surface area contributed by atoms with E-state index in [1.54, 1.807) is 0 Å². The Hall–Kier alpha value is -3.13. The normalized spacial score (nSPS) is 17.0. The summed E-state index contributed by atoms with van der Waals surface area (Å²) in [6.45, 7) is 0. The number of ketones is 1. The maximum absolute atomic E-state index is 12.9. The highest BCUT2D eigenvalue weighted by atomic mass is 16.1. The minimum absolute atomic E-state index is 0. The third-order valence-corrected chi connectivity index (χ3v) is 4.30. The van der Waals surface area contributed by atoms with Gasteiger partial charge in [-0.25, -0.2) is 0 Å². The van der Waals surface area contributed by atoms with Gasteiger partial charge in [0.2, 0.25) is 0 Å². The molecule has 3 aromatic rings. The molecule has 0 saturated carbocycles. The van der Waals surface area contributed by atoms with Crippen LogP contribution in [0.15, 0.2) is 90.5 Å². The van der Waals surface area contributed by atoms with Crippen LogP contribution in [0.1, 0.15) is 35.0 Å². The topological polar surface area (TPSA) is 29.1 Å². The summed E-state index contributed by atoms with van der Waals surface area (Å²) in [4.78, 5) is 12.9.